The van der Waals surface area contributed by atoms with Crippen molar-refractivity contribution in [3.63, 3.8) is 0 Å². The van der Waals surface area contributed by atoms with Crippen molar-refractivity contribution < 1.29 is 18.6 Å². The third kappa shape index (κ3) is 5.07. The molecule has 0 radical (unpaired) electrons. The van der Waals surface area contributed by atoms with Crippen LogP contribution in [-0.4, -0.2) is 44.6 Å². The number of nitrogens with one attached hydrogen (secondary N) is 1. The summed E-state index contributed by atoms with van der Waals surface area (Å²) < 4.78 is 20.2. The summed E-state index contributed by atoms with van der Waals surface area (Å²) in [6.07, 6.45) is 3.06. The zero-order valence-corrected chi connectivity index (χ0v) is 20.5. The summed E-state index contributed by atoms with van der Waals surface area (Å²) in [5, 5.41) is 5.37. The first kappa shape index (κ1) is 23.8. The molecule has 182 valence electrons. The molecule has 4 aromatic rings. The molecule has 3 N–H and O–H groups in total. The highest BCUT2D eigenvalue weighted by molar-refractivity contribution is 7.45. The van der Waals surface area contributed by atoms with E-state index in [1.54, 1.807) is 11.5 Å². The molecule has 35 heavy (non-hydrogen) atoms. The second kappa shape index (κ2) is 10.4. The quantitative estimate of drug-likeness (QED) is 0.190. The van der Waals surface area contributed by atoms with Crippen LogP contribution in [0.1, 0.15) is 26.0 Å². The Kier molecular flexibility index (Phi) is 7.08. The predicted molar refractivity (Wildman–Crippen MR) is 134 cm³/mol. The lowest BCUT2D eigenvalue weighted by molar-refractivity contribution is -0.108. The van der Waals surface area contributed by atoms with Gasteiger partial charge in [0.05, 0.1) is 18.8 Å². The predicted octanol–water partition coefficient (Wildman–Crippen LogP) is 4.39. The topological polar surface area (TPSA) is 126 Å². The fraction of sp³-hybridized carbons (Fsp3) is 0.304. The van der Waals surface area contributed by atoms with Gasteiger partial charge in [0.1, 0.15) is 24.6 Å². The van der Waals surface area contributed by atoms with Crippen LogP contribution in [0.3, 0.4) is 0 Å². The van der Waals surface area contributed by atoms with Gasteiger partial charge in [0.2, 0.25) is 5.28 Å². The van der Waals surface area contributed by atoms with E-state index in [4.69, 9.17) is 31.1 Å². The molecule has 12 heteroatoms. The molecule has 5 rings (SSSR count). The molecule has 4 unspecified atom stereocenters. The van der Waals surface area contributed by atoms with Crippen molar-refractivity contribution in [2.24, 2.45) is 0 Å². The highest BCUT2D eigenvalue weighted by Crippen LogP contribution is 2.41. The van der Waals surface area contributed by atoms with Gasteiger partial charge in [-0.25, -0.2) is 20.0 Å². The van der Waals surface area contributed by atoms with Crippen LogP contribution in [0.15, 0.2) is 48.8 Å². The van der Waals surface area contributed by atoms with Crippen molar-refractivity contribution in [1.82, 2.24) is 24.6 Å². The van der Waals surface area contributed by atoms with E-state index in [1.807, 2.05) is 42.5 Å². The molecule has 0 bridgehead atoms. The Morgan fingerprint density at radius 1 is 1.29 bits per heavy atom. The molecule has 10 nitrogen and oxygen atoms in total. The first-order valence-electron chi connectivity index (χ1n) is 11.1. The van der Waals surface area contributed by atoms with Gasteiger partial charge in [-0.3, -0.25) is 4.57 Å². The number of ether oxygens (including phenoxy) is 1. The van der Waals surface area contributed by atoms with E-state index >= 15 is 0 Å². The van der Waals surface area contributed by atoms with Gasteiger partial charge in [0.25, 0.3) is 0 Å². The number of nitrogen functional groups attached to an aromatic ring is 1. The summed E-state index contributed by atoms with van der Waals surface area (Å²) in [4.78, 5) is 23.8. The van der Waals surface area contributed by atoms with Crippen molar-refractivity contribution in [3.8, 4) is 5.75 Å². The number of aromatic nitrogens is 4. The number of hydrogen-bond acceptors (Lipinski definition) is 9. The average molecular weight is 515 g/mol. The van der Waals surface area contributed by atoms with E-state index < -0.39 is 14.6 Å². The Morgan fingerprint density at radius 3 is 2.97 bits per heavy atom. The standard InChI is InChI=1S/C23H24ClN6O4P/c1-14(11-31)29-35(34-18-8-4-6-15-5-2-3-7-17(15)18)32-12-16-9-10-19(33-16)30-22-20(28-23(30)24)21(25)26-13-27-22/h2-8,11,13-14,16,19,29H,9-10,12H2,1H3,(H2,25,26,27). The first-order valence-corrected chi connectivity index (χ1v) is 12.7. The summed E-state index contributed by atoms with van der Waals surface area (Å²) in [7, 11) is -1.61. The summed E-state index contributed by atoms with van der Waals surface area (Å²) in [5.74, 6) is 0.944. The minimum absolute atomic E-state index is 0.206. The average Bonchev–Trinajstić information content (AvgIpc) is 3.46. The number of nitrogens with two attached hydrogens (primary N) is 1. The first-order chi connectivity index (χ1) is 17.0. The molecule has 0 amide bonds. The van der Waals surface area contributed by atoms with Gasteiger partial charge in [-0.15, -0.1) is 0 Å². The number of hydrogen-bond donors (Lipinski definition) is 2. The van der Waals surface area contributed by atoms with E-state index in [2.05, 4.69) is 20.0 Å². The minimum Gasteiger partial charge on any atom is -0.435 e. The van der Waals surface area contributed by atoms with Gasteiger partial charge >= 0.3 is 8.53 Å². The lowest BCUT2D eigenvalue weighted by Crippen LogP contribution is -2.26. The minimum atomic E-state index is -1.61. The summed E-state index contributed by atoms with van der Waals surface area (Å²) in [6.45, 7) is 2.02. The summed E-state index contributed by atoms with van der Waals surface area (Å²) in [5.41, 5.74) is 6.87. The second-order valence-corrected chi connectivity index (χ2v) is 9.70. The fourth-order valence-corrected chi connectivity index (χ4v) is 5.44. The monoisotopic (exact) mass is 514 g/mol. The Labute approximate surface area is 207 Å². The highest BCUT2D eigenvalue weighted by atomic mass is 35.5. The normalized spacial score (nSPS) is 19.7. The zero-order valence-electron chi connectivity index (χ0n) is 18.9. The number of rotatable bonds is 9. The van der Waals surface area contributed by atoms with Crippen molar-refractivity contribution >= 4 is 54.2 Å². The SMILES string of the molecule is CC(C=O)NP(OCC1CCC(n2c(Cl)nc3c(N)ncnc32)O1)Oc1cccc2ccccc12. The van der Waals surface area contributed by atoms with Gasteiger partial charge in [0, 0.05) is 5.39 Å². The van der Waals surface area contributed by atoms with Crippen LogP contribution in [-0.2, 0) is 14.1 Å². The number of aldehydes is 1. The maximum absolute atomic E-state index is 11.3. The van der Waals surface area contributed by atoms with Crippen molar-refractivity contribution in [2.45, 2.75) is 38.1 Å². The largest absolute Gasteiger partial charge is 0.435 e. The number of imidazole rings is 1. The van der Waals surface area contributed by atoms with E-state index in [0.29, 0.717) is 23.3 Å². The summed E-state index contributed by atoms with van der Waals surface area (Å²) >= 11 is 6.36. The third-order valence-corrected chi connectivity index (χ3v) is 7.29. The molecule has 1 fully saturated rings. The van der Waals surface area contributed by atoms with Gasteiger partial charge in [-0.2, -0.15) is 0 Å². The van der Waals surface area contributed by atoms with E-state index in [-0.39, 0.29) is 30.0 Å². The number of fused-ring (bicyclic) bond motifs is 2. The van der Waals surface area contributed by atoms with Gasteiger partial charge in [0.15, 0.2) is 17.0 Å². The van der Waals surface area contributed by atoms with Gasteiger partial charge in [-0.05, 0) is 42.8 Å². The molecule has 1 saturated heterocycles. The van der Waals surface area contributed by atoms with Crippen LogP contribution >= 0.6 is 20.1 Å². The number of anilines is 1. The fourth-order valence-electron chi connectivity index (χ4n) is 3.96. The van der Waals surface area contributed by atoms with E-state index in [9.17, 15) is 4.79 Å². The molecule has 2 aromatic carbocycles. The molecule has 4 atom stereocenters. The van der Waals surface area contributed by atoms with Crippen molar-refractivity contribution in [3.05, 3.63) is 54.1 Å². The second-order valence-electron chi connectivity index (χ2n) is 8.15. The number of benzene rings is 2. The Hall–Kier alpha value is -2.88. The smallest absolute Gasteiger partial charge is 0.318 e. The number of halogens is 1. The van der Waals surface area contributed by atoms with Crippen LogP contribution in [0.4, 0.5) is 5.82 Å². The lowest BCUT2D eigenvalue weighted by Gasteiger charge is -2.23. The Balaban J connectivity index is 1.28. The zero-order chi connectivity index (χ0) is 24.4. The van der Waals surface area contributed by atoms with Crippen LogP contribution in [0.25, 0.3) is 21.9 Å². The van der Waals surface area contributed by atoms with Crippen LogP contribution in [0.2, 0.25) is 5.28 Å². The molecule has 0 saturated carbocycles. The van der Waals surface area contributed by atoms with Crippen molar-refractivity contribution in [1.29, 1.82) is 0 Å². The summed E-state index contributed by atoms with van der Waals surface area (Å²) in [6, 6.07) is 13.3. The molecular weight excluding hydrogens is 491 g/mol. The third-order valence-electron chi connectivity index (χ3n) is 5.66. The molecular formula is C23H24ClN6O4P. The Morgan fingerprint density at radius 2 is 2.11 bits per heavy atom. The Bertz CT molecular complexity index is 1350. The number of carbonyl (C=O) groups excluding carboxylic acids is 1. The van der Waals surface area contributed by atoms with Crippen LogP contribution < -0.4 is 15.3 Å². The van der Waals surface area contributed by atoms with E-state index in [0.717, 1.165) is 23.5 Å². The maximum atomic E-state index is 11.3. The molecule has 1 aliphatic rings. The van der Waals surface area contributed by atoms with E-state index in [1.165, 1.54) is 6.33 Å². The van der Waals surface area contributed by atoms with Crippen molar-refractivity contribution in [2.75, 3.05) is 12.3 Å². The van der Waals surface area contributed by atoms with Crippen LogP contribution in [0, 0.1) is 0 Å². The van der Waals surface area contributed by atoms with Gasteiger partial charge < -0.3 is 24.3 Å². The van der Waals surface area contributed by atoms with Gasteiger partial charge in [-0.1, -0.05) is 36.4 Å². The maximum Gasteiger partial charge on any atom is 0.318 e. The van der Waals surface area contributed by atoms with Crippen LogP contribution in [0.5, 0.6) is 5.75 Å². The molecule has 2 aromatic heterocycles. The molecule has 3 heterocycles. The number of carbonyl (C=O) groups is 1. The molecule has 1 aliphatic heterocycles. The molecule has 0 aliphatic carbocycles. The lowest BCUT2D eigenvalue weighted by atomic mass is 10.1. The molecule has 0 spiro atoms. The highest BCUT2D eigenvalue weighted by Gasteiger charge is 2.31. The number of nitrogens with zero attached hydrogens (tertiary/aromatic N) is 4.